The zero-order valence-electron chi connectivity index (χ0n) is 4.98. The fourth-order valence-electron chi connectivity index (χ4n) is 0.168. The molecule has 1 heteroatoms. The fraction of sp³-hybridized carbons (Fsp3) is 0. The smallest absolute Gasteiger partial charge is 0.134 e. The molecule has 0 rings (SSSR count). The van der Waals surface area contributed by atoms with Crippen LogP contribution < -0.4 is 0 Å². The summed E-state index contributed by atoms with van der Waals surface area (Å²) in [6.45, 7) is 6.71. The predicted molar refractivity (Wildman–Crippen MR) is 37.0 cm³/mol. The van der Waals surface area contributed by atoms with Crippen LogP contribution in [0.3, 0.4) is 0 Å². The van der Waals surface area contributed by atoms with E-state index in [2.05, 4.69) is 41.9 Å². The molecule has 0 aliphatic carbocycles. The maximum atomic E-state index is 4.45. The van der Waals surface area contributed by atoms with Gasteiger partial charge in [-0.1, -0.05) is 13.2 Å². The first-order valence-electron chi connectivity index (χ1n) is 2.30. The lowest BCUT2D eigenvalue weighted by Gasteiger charge is -1.70. The van der Waals surface area contributed by atoms with Gasteiger partial charge in [-0.05, 0) is 24.0 Å². The SMILES string of the molecule is C=CC#COC#CC=C. The first kappa shape index (κ1) is 7.40. The van der Waals surface area contributed by atoms with Gasteiger partial charge >= 0.3 is 0 Å². The van der Waals surface area contributed by atoms with Crippen LogP contribution in [0.15, 0.2) is 25.3 Å². The number of allylic oxidation sites excluding steroid dienone is 2. The van der Waals surface area contributed by atoms with Crippen LogP contribution in [0.25, 0.3) is 0 Å². The molecule has 9 heavy (non-hydrogen) atoms. The third-order valence-electron chi connectivity index (χ3n) is 0.424. The number of hydrogen-bond acceptors (Lipinski definition) is 1. The summed E-state index contributed by atoms with van der Waals surface area (Å²) in [4.78, 5) is 0. The van der Waals surface area contributed by atoms with Crippen molar-refractivity contribution >= 4 is 0 Å². The summed E-state index contributed by atoms with van der Waals surface area (Å²) in [5.74, 6) is 4.92. The normalized spacial score (nSPS) is 4.89. The van der Waals surface area contributed by atoms with Crippen LogP contribution in [0, 0.1) is 24.1 Å². The predicted octanol–water partition coefficient (Wildman–Crippen LogP) is 1.30. The van der Waals surface area contributed by atoms with E-state index in [4.69, 9.17) is 0 Å². The van der Waals surface area contributed by atoms with Crippen LogP contribution in [-0.4, -0.2) is 0 Å². The van der Waals surface area contributed by atoms with Crippen molar-refractivity contribution in [1.82, 2.24) is 0 Å². The Hall–Kier alpha value is -1.60. The average molecular weight is 118 g/mol. The van der Waals surface area contributed by atoms with E-state index < -0.39 is 0 Å². The van der Waals surface area contributed by atoms with Crippen molar-refractivity contribution in [3.63, 3.8) is 0 Å². The molecule has 0 saturated heterocycles. The zero-order valence-corrected chi connectivity index (χ0v) is 4.98. The van der Waals surface area contributed by atoms with Crippen molar-refractivity contribution in [1.29, 1.82) is 0 Å². The minimum atomic E-state index is 1.43. The second-order valence-corrected chi connectivity index (χ2v) is 1.00. The average Bonchev–Trinajstić information content (AvgIpc) is 1.89. The lowest BCUT2D eigenvalue weighted by atomic mass is 10.7. The first-order chi connectivity index (χ1) is 4.41. The van der Waals surface area contributed by atoms with Gasteiger partial charge in [0.05, 0.1) is 0 Å². The molecular weight excluding hydrogens is 112 g/mol. The minimum absolute atomic E-state index is 1.43. The molecule has 0 heterocycles. The van der Waals surface area contributed by atoms with Gasteiger partial charge < -0.3 is 4.74 Å². The van der Waals surface area contributed by atoms with Gasteiger partial charge in [0.15, 0.2) is 0 Å². The van der Waals surface area contributed by atoms with E-state index in [1.165, 1.54) is 12.2 Å². The van der Waals surface area contributed by atoms with Gasteiger partial charge in [-0.2, -0.15) is 0 Å². The minimum Gasteiger partial charge on any atom is -0.356 e. The Morgan fingerprint density at radius 1 is 1.00 bits per heavy atom. The summed E-state index contributed by atoms with van der Waals surface area (Å²) in [7, 11) is 0. The van der Waals surface area contributed by atoms with Crippen LogP contribution in [0.5, 0.6) is 0 Å². The molecule has 0 unspecified atom stereocenters. The van der Waals surface area contributed by atoms with E-state index in [1.807, 2.05) is 0 Å². The third-order valence-corrected chi connectivity index (χ3v) is 0.424. The molecule has 0 fully saturated rings. The van der Waals surface area contributed by atoms with Crippen molar-refractivity contribution < 1.29 is 4.74 Å². The summed E-state index contributed by atoms with van der Waals surface area (Å²) >= 11 is 0. The molecule has 0 aliphatic rings. The van der Waals surface area contributed by atoms with Crippen molar-refractivity contribution in [2.24, 2.45) is 0 Å². The van der Waals surface area contributed by atoms with E-state index in [0.717, 1.165) is 0 Å². The highest BCUT2D eigenvalue weighted by atomic mass is 16.5. The maximum absolute atomic E-state index is 4.45. The summed E-state index contributed by atoms with van der Waals surface area (Å²) < 4.78 is 4.45. The molecule has 0 N–H and O–H groups in total. The summed E-state index contributed by atoms with van der Waals surface area (Å²) in [5, 5.41) is 0. The van der Waals surface area contributed by atoms with Gasteiger partial charge in [0.1, 0.15) is 12.2 Å². The zero-order chi connectivity index (χ0) is 6.95. The van der Waals surface area contributed by atoms with Gasteiger partial charge in [-0.15, -0.1) is 0 Å². The lowest BCUT2D eigenvalue weighted by Crippen LogP contribution is -1.63. The van der Waals surface area contributed by atoms with Crippen molar-refractivity contribution in [2.45, 2.75) is 0 Å². The molecule has 0 spiro atoms. The second kappa shape index (κ2) is 6.40. The molecule has 0 radical (unpaired) electrons. The Morgan fingerprint density at radius 2 is 1.44 bits per heavy atom. The summed E-state index contributed by atoms with van der Waals surface area (Å²) in [6, 6.07) is 0. The molecule has 0 aromatic carbocycles. The quantitative estimate of drug-likeness (QED) is 0.435. The Bertz CT molecular complexity index is 180. The molecule has 0 amide bonds. The first-order valence-corrected chi connectivity index (χ1v) is 2.30. The molecular formula is C8H6O. The molecule has 0 saturated carbocycles. The van der Waals surface area contributed by atoms with E-state index in [-0.39, 0.29) is 0 Å². The number of ether oxygens (including phenoxy) is 1. The molecule has 0 aromatic rings. The van der Waals surface area contributed by atoms with Crippen LogP contribution in [-0.2, 0) is 4.74 Å². The molecule has 0 aliphatic heterocycles. The van der Waals surface area contributed by atoms with Gasteiger partial charge in [0, 0.05) is 0 Å². The highest BCUT2D eigenvalue weighted by Crippen LogP contribution is 1.63. The van der Waals surface area contributed by atoms with E-state index in [9.17, 15) is 0 Å². The van der Waals surface area contributed by atoms with Gasteiger partial charge in [0.2, 0.25) is 0 Å². The Kier molecular flexibility index (Phi) is 5.26. The van der Waals surface area contributed by atoms with Crippen molar-refractivity contribution in [3.05, 3.63) is 25.3 Å². The number of hydrogen-bond donors (Lipinski definition) is 0. The van der Waals surface area contributed by atoms with Crippen molar-refractivity contribution in [2.75, 3.05) is 0 Å². The fourth-order valence-corrected chi connectivity index (χ4v) is 0.168. The number of rotatable bonds is 0. The maximum Gasteiger partial charge on any atom is 0.134 e. The van der Waals surface area contributed by atoms with Crippen LogP contribution in [0.2, 0.25) is 0 Å². The topological polar surface area (TPSA) is 9.23 Å². The van der Waals surface area contributed by atoms with Gasteiger partial charge in [-0.3, -0.25) is 0 Å². The molecule has 0 bridgehead atoms. The van der Waals surface area contributed by atoms with Gasteiger partial charge in [-0.25, -0.2) is 0 Å². The molecule has 0 aromatic heterocycles. The van der Waals surface area contributed by atoms with E-state index in [0.29, 0.717) is 0 Å². The largest absolute Gasteiger partial charge is 0.356 e. The molecule has 44 valence electrons. The highest BCUT2D eigenvalue weighted by molar-refractivity contribution is 5.12. The van der Waals surface area contributed by atoms with Crippen LogP contribution in [0.4, 0.5) is 0 Å². The molecule has 1 nitrogen and oxygen atoms in total. The second-order valence-electron chi connectivity index (χ2n) is 1.00. The summed E-state index contributed by atoms with van der Waals surface area (Å²) in [5.41, 5.74) is 0. The van der Waals surface area contributed by atoms with Gasteiger partial charge in [0.25, 0.3) is 0 Å². The third kappa shape index (κ3) is 6.40. The standard InChI is InChI=1S/C8H6O/c1-3-5-7-9-8-6-4-2/h3-4H,1-2H2. The Balaban J connectivity index is 3.51. The van der Waals surface area contributed by atoms with E-state index >= 15 is 0 Å². The van der Waals surface area contributed by atoms with E-state index in [1.54, 1.807) is 0 Å². The Morgan fingerprint density at radius 3 is 1.78 bits per heavy atom. The lowest BCUT2D eigenvalue weighted by molar-refractivity contribution is 0.479. The monoisotopic (exact) mass is 118 g/mol. The van der Waals surface area contributed by atoms with Crippen molar-refractivity contribution in [3.8, 4) is 24.1 Å². The summed E-state index contributed by atoms with van der Waals surface area (Å²) in [6.07, 6.45) is 7.41. The highest BCUT2D eigenvalue weighted by Gasteiger charge is 1.58. The molecule has 0 atom stereocenters. The van der Waals surface area contributed by atoms with Crippen LogP contribution >= 0.6 is 0 Å². The Labute approximate surface area is 55.0 Å². The van der Waals surface area contributed by atoms with Crippen LogP contribution in [0.1, 0.15) is 0 Å².